The number of nitrogens with one attached hydrogen (secondary N) is 1. The lowest BCUT2D eigenvalue weighted by Crippen LogP contribution is -2.46. The number of hydrogen-bond acceptors (Lipinski definition) is 4. The monoisotopic (exact) mass is 414 g/mol. The summed E-state index contributed by atoms with van der Waals surface area (Å²) in [5.74, 6) is 1.17. The molecule has 1 saturated heterocycles. The third-order valence-corrected chi connectivity index (χ3v) is 6.20. The summed E-state index contributed by atoms with van der Waals surface area (Å²) >= 11 is 1.62. The van der Waals surface area contributed by atoms with Gasteiger partial charge in [-0.1, -0.05) is 24.3 Å². The fourth-order valence-electron chi connectivity index (χ4n) is 3.68. The number of likely N-dealkylation sites (tertiary alicyclic amines) is 1. The van der Waals surface area contributed by atoms with E-state index in [2.05, 4.69) is 5.32 Å². The normalized spacial score (nSPS) is 14.6. The molecule has 2 amide bonds. The second-order valence-electron chi connectivity index (χ2n) is 7.65. The second-order valence-corrected chi connectivity index (χ2v) is 8.68. The van der Waals surface area contributed by atoms with Crippen LogP contribution in [-0.2, 0) is 16.0 Å². The Labute approximate surface area is 177 Å². The highest BCUT2D eigenvalue weighted by molar-refractivity contribution is 7.10. The molecule has 5 nitrogen and oxygen atoms in total. The molecule has 0 saturated carbocycles. The number of amides is 2. The predicted octanol–water partition coefficient (Wildman–Crippen LogP) is 3.87. The van der Waals surface area contributed by atoms with Gasteiger partial charge in [0.15, 0.2) is 0 Å². The van der Waals surface area contributed by atoms with Crippen molar-refractivity contribution in [1.82, 2.24) is 10.2 Å². The molecule has 0 spiro atoms. The van der Waals surface area contributed by atoms with Gasteiger partial charge in [0.1, 0.15) is 5.75 Å². The molecule has 156 valence electrons. The Bertz CT molecular complexity index is 791. The zero-order chi connectivity index (χ0) is 20.6. The minimum absolute atomic E-state index is 0.0680. The third-order valence-electron chi connectivity index (χ3n) is 5.32. The van der Waals surface area contributed by atoms with Crippen LogP contribution in [0.25, 0.3) is 0 Å². The van der Waals surface area contributed by atoms with Crippen molar-refractivity contribution in [1.29, 1.82) is 0 Å². The third kappa shape index (κ3) is 6.32. The van der Waals surface area contributed by atoms with Crippen LogP contribution in [0.1, 0.15) is 41.7 Å². The van der Waals surface area contributed by atoms with Gasteiger partial charge in [-0.2, -0.15) is 0 Å². The topological polar surface area (TPSA) is 58.6 Å². The first-order valence-electron chi connectivity index (χ1n) is 10.3. The first-order chi connectivity index (χ1) is 14.0. The van der Waals surface area contributed by atoms with Crippen molar-refractivity contribution < 1.29 is 14.3 Å². The standard InChI is InChI=1S/C23H30N2O3S/c1-17-6-3-7-18(2)23(17)28-14-4-9-21(26)24-19-10-12-25(13-11-19)22(27)16-20-8-5-15-29-20/h3,5-8,15,19H,4,9-14,16H2,1-2H3,(H,24,26). The molecule has 0 atom stereocenters. The van der Waals surface area contributed by atoms with E-state index < -0.39 is 0 Å². The van der Waals surface area contributed by atoms with Crippen molar-refractivity contribution >= 4 is 23.2 Å². The van der Waals surface area contributed by atoms with E-state index in [0.29, 0.717) is 39.0 Å². The summed E-state index contributed by atoms with van der Waals surface area (Å²) in [5, 5.41) is 5.11. The molecular formula is C23H30N2O3S. The minimum Gasteiger partial charge on any atom is -0.493 e. The summed E-state index contributed by atoms with van der Waals surface area (Å²) in [4.78, 5) is 27.6. The Morgan fingerprint density at radius 2 is 1.86 bits per heavy atom. The summed E-state index contributed by atoms with van der Waals surface area (Å²) in [6.07, 6.45) is 3.27. The molecular weight excluding hydrogens is 384 g/mol. The van der Waals surface area contributed by atoms with Crippen LogP contribution < -0.4 is 10.1 Å². The van der Waals surface area contributed by atoms with Gasteiger partial charge in [0.2, 0.25) is 11.8 Å². The van der Waals surface area contributed by atoms with Crippen molar-refractivity contribution in [2.45, 2.75) is 52.0 Å². The van der Waals surface area contributed by atoms with Gasteiger partial charge in [-0.15, -0.1) is 11.3 Å². The van der Waals surface area contributed by atoms with Gasteiger partial charge >= 0.3 is 0 Å². The maximum absolute atomic E-state index is 12.4. The van der Waals surface area contributed by atoms with Crippen molar-refractivity contribution in [3.63, 3.8) is 0 Å². The average molecular weight is 415 g/mol. The smallest absolute Gasteiger partial charge is 0.227 e. The summed E-state index contributed by atoms with van der Waals surface area (Å²) < 4.78 is 5.87. The number of carbonyl (C=O) groups excluding carboxylic acids is 2. The van der Waals surface area contributed by atoms with Gasteiger partial charge in [0.05, 0.1) is 13.0 Å². The molecule has 2 heterocycles. The van der Waals surface area contributed by atoms with Gasteiger partial charge in [0.25, 0.3) is 0 Å². The summed E-state index contributed by atoms with van der Waals surface area (Å²) in [7, 11) is 0. The van der Waals surface area contributed by atoms with Gasteiger partial charge in [-0.05, 0) is 55.7 Å². The largest absolute Gasteiger partial charge is 0.493 e. The predicted molar refractivity (Wildman–Crippen MR) is 116 cm³/mol. The lowest BCUT2D eigenvalue weighted by atomic mass is 10.0. The Morgan fingerprint density at radius 3 is 2.52 bits per heavy atom. The lowest BCUT2D eigenvalue weighted by molar-refractivity contribution is -0.131. The number of carbonyl (C=O) groups is 2. The molecule has 2 aromatic rings. The van der Waals surface area contributed by atoms with Crippen LogP contribution in [0.3, 0.4) is 0 Å². The van der Waals surface area contributed by atoms with Crippen molar-refractivity contribution in [3.8, 4) is 5.75 Å². The molecule has 0 bridgehead atoms. The zero-order valence-electron chi connectivity index (χ0n) is 17.3. The molecule has 3 rings (SSSR count). The van der Waals surface area contributed by atoms with Crippen LogP contribution in [0.5, 0.6) is 5.75 Å². The Hall–Kier alpha value is -2.34. The van der Waals surface area contributed by atoms with E-state index in [1.165, 1.54) is 0 Å². The molecule has 6 heteroatoms. The number of thiophene rings is 1. The van der Waals surface area contributed by atoms with Crippen LogP contribution in [0.2, 0.25) is 0 Å². The molecule has 1 aromatic carbocycles. The van der Waals surface area contributed by atoms with Crippen LogP contribution in [0, 0.1) is 13.8 Å². The second kappa shape index (κ2) is 10.4. The van der Waals surface area contributed by atoms with E-state index in [1.54, 1.807) is 11.3 Å². The first kappa shape index (κ1) is 21.4. The molecule has 0 radical (unpaired) electrons. The highest BCUT2D eigenvalue weighted by Crippen LogP contribution is 2.22. The number of piperidine rings is 1. The SMILES string of the molecule is Cc1cccc(C)c1OCCCC(=O)NC1CCN(C(=O)Cc2cccs2)CC1. The maximum atomic E-state index is 12.4. The van der Waals surface area contributed by atoms with Crippen molar-refractivity contribution in [2.24, 2.45) is 0 Å². The average Bonchev–Trinajstić information content (AvgIpc) is 3.20. The molecule has 1 fully saturated rings. The highest BCUT2D eigenvalue weighted by Gasteiger charge is 2.23. The molecule has 1 aromatic heterocycles. The summed E-state index contributed by atoms with van der Waals surface area (Å²) in [6, 6.07) is 10.2. The summed E-state index contributed by atoms with van der Waals surface area (Å²) in [6.45, 7) is 6.03. The Morgan fingerprint density at radius 1 is 1.14 bits per heavy atom. The minimum atomic E-state index is 0.0680. The quantitative estimate of drug-likeness (QED) is 0.667. The molecule has 0 unspecified atom stereocenters. The number of ether oxygens (including phenoxy) is 1. The molecule has 1 N–H and O–H groups in total. The lowest BCUT2D eigenvalue weighted by Gasteiger charge is -2.32. The maximum Gasteiger partial charge on any atom is 0.227 e. The Balaban J connectivity index is 1.32. The number of hydrogen-bond donors (Lipinski definition) is 1. The van der Waals surface area contributed by atoms with E-state index in [-0.39, 0.29) is 17.9 Å². The zero-order valence-corrected chi connectivity index (χ0v) is 18.1. The van der Waals surface area contributed by atoms with Crippen LogP contribution in [0.4, 0.5) is 0 Å². The van der Waals surface area contributed by atoms with Gasteiger partial charge < -0.3 is 15.0 Å². The van der Waals surface area contributed by atoms with Crippen molar-refractivity contribution in [3.05, 3.63) is 51.7 Å². The van der Waals surface area contributed by atoms with Gasteiger partial charge in [-0.3, -0.25) is 9.59 Å². The highest BCUT2D eigenvalue weighted by atomic mass is 32.1. The van der Waals surface area contributed by atoms with Crippen LogP contribution in [0.15, 0.2) is 35.7 Å². The van der Waals surface area contributed by atoms with Gasteiger partial charge in [0, 0.05) is 30.4 Å². The molecule has 1 aliphatic rings. The van der Waals surface area contributed by atoms with Gasteiger partial charge in [-0.25, -0.2) is 0 Å². The number of rotatable bonds is 8. The fraction of sp³-hybridized carbons (Fsp3) is 0.478. The number of nitrogens with zero attached hydrogens (tertiary/aromatic N) is 1. The fourth-order valence-corrected chi connectivity index (χ4v) is 4.38. The molecule has 29 heavy (non-hydrogen) atoms. The number of aryl methyl sites for hydroxylation is 2. The molecule has 1 aliphatic heterocycles. The van der Waals surface area contributed by atoms with Crippen LogP contribution >= 0.6 is 11.3 Å². The van der Waals surface area contributed by atoms with E-state index in [0.717, 1.165) is 34.6 Å². The molecule has 0 aliphatic carbocycles. The Kier molecular flexibility index (Phi) is 7.69. The first-order valence-corrected chi connectivity index (χ1v) is 11.2. The number of para-hydroxylation sites is 1. The summed E-state index contributed by atoms with van der Waals surface area (Å²) in [5.41, 5.74) is 2.24. The van der Waals surface area contributed by atoms with E-state index >= 15 is 0 Å². The van der Waals surface area contributed by atoms with Crippen molar-refractivity contribution in [2.75, 3.05) is 19.7 Å². The van der Waals surface area contributed by atoms with Crippen LogP contribution in [-0.4, -0.2) is 42.5 Å². The van der Waals surface area contributed by atoms with E-state index in [4.69, 9.17) is 4.74 Å². The van der Waals surface area contributed by atoms with E-state index in [1.807, 2.05) is 54.5 Å². The number of benzene rings is 1. The van der Waals surface area contributed by atoms with E-state index in [9.17, 15) is 9.59 Å².